The van der Waals surface area contributed by atoms with Crippen LogP contribution < -0.4 is 15.5 Å². The van der Waals surface area contributed by atoms with Crippen molar-refractivity contribution < 1.29 is 4.79 Å². The van der Waals surface area contributed by atoms with Crippen molar-refractivity contribution in [3.63, 3.8) is 0 Å². The first-order valence-electron chi connectivity index (χ1n) is 8.00. The highest BCUT2D eigenvalue weighted by molar-refractivity contribution is 7.99. The maximum Gasteiger partial charge on any atom is 0.221 e. The monoisotopic (exact) mass is 394 g/mol. The highest BCUT2D eigenvalue weighted by atomic mass is 35.5. The normalized spacial score (nSPS) is 16.5. The van der Waals surface area contributed by atoms with Gasteiger partial charge in [-0.25, -0.2) is 4.98 Å². The lowest BCUT2D eigenvalue weighted by Gasteiger charge is -2.22. The van der Waals surface area contributed by atoms with Crippen molar-refractivity contribution in [2.45, 2.75) is 32.9 Å². The van der Waals surface area contributed by atoms with Gasteiger partial charge in [0.1, 0.15) is 5.82 Å². The molecule has 0 radical (unpaired) electrons. The summed E-state index contributed by atoms with van der Waals surface area (Å²) >= 11 is 1.91. The molecule has 0 saturated carbocycles. The molecule has 2 N–H and O–H groups in total. The second-order valence-electron chi connectivity index (χ2n) is 5.40. The van der Waals surface area contributed by atoms with Crippen LogP contribution in [-0.2, 0) is 11.3 Å². The summed E-state index contributed by atoms with van der Waals surface area (Å²) in [6.45, 7) is 7.69. The molecule has 8 heteroatoms. The van der Waals surface area contributed by atoms with E-state index in [1.165, 1.54) is 0 Å². The van der Waals surface area contributed by atoms with Crippen LogP contribution in [0.3, 0.4) is 0 Å². The van der Waals surface area contributed by atoms with Gasteiger partial charge in [0.2, 0.25) is 5.91 Å². The molecule has 1 unspecified atom stereocenters. The van der Waals surface area contributed by atoms with Crippen LogP contribution in [0.15, 0.2) is 18.3 Å². The third-order valence-corrected chi connectivity index (χ3v) is 4.95. The smallest absolute Gasteiger partial charge is 0.221 e. The van der Waals surface area contributed by atoms with Crippen LogP contribution in [-0.4, -0.2) is 48.1 Å². The molecule has 138 valence electrons. The molecule has 24 heavy (non-hydrogen) atoms. The molecule has 1 atom stereocenters. The van der Waals surface area contributed by atoms with E-state index in [0.717, 1.165) is 42.5 Å². The number of thioether (sulfide) groups is 1. The van der Waals surface area contributed by atoms with Crippen molar-refractivity contribution in [1.82, 2.24) is 15.6 Å². The molecular weight excluding hydrogens is 367 g/mol. The highest BCUT2D eigenvalue weighted by Gasteiger charge is 2.16. The first-order chi connectivity index (χ1) is 10.7. The topological polar surface area (TPSA) is 57.3 Å². The van der Waals surface area contributed by atoms with E-state index in [2.05, 4.69) is 34.4 Å². The maximum absolute atomic E-state index is 12.0. The molecule has 0 bridgehead atoms. The fourth-order valence-corrected chi connectivity index (χ4v) is 3.45. The number of rotatable bonds is 7. The third-order valence-electron chi connectivity index (χ3n) is 3.82. The Kier molecular flexibility index (Phi) is 12.3. The Morgan fingerprint density at radius 3 is 2.67 bits per heavy atom. The van der Waals surface area contributed by atoms with Crippen LogP contribution in [0.5, 0.6) is 0 Å². The number of carbonyl (C=O) groups excluding carboxylic acids is 1. The van der Waals surface area contributed by atoms with E-state index >= 15 is 0 Å². The number of nitrogens with one attached hydrogen (secondary N) is 2. The summed E-state index contributed by atoms with van der Waals surface area (Å²) < 4.78 is 0. The van der Waals surface area contributed by atoms with Gasteiger partial charge in [-0.05, 0) is 25.5 Å². The van der Waals surface area contributed by atoms with Gasteiger partial charge in [0.25, 0.3) is 0 Å². The molecule has 1 saturated heterocycles. The third kappa shape index (κ3) is 7.47. The van der Waals surface area contributed by atoms with Crippen LogP contribution in [0.25, 0.3) is 0 Å². The number of halogens is 2. The molecule has 1 aliphatic rings. The van der Waals surface area contributed by atoms with Crippen LogP contribution in [0.2, 0.25) is 0 Å². The zero-order chi connectivity index (χ0) is 15.8. The standard InChI is InChI=1S/C16H26N4OS.2ClH/c1-3-20(4-2)15-6-5-13(10-18-15)11-19-16(21)9-14-12-22-8-7-17-14;;/h5-6,10,14,17H,3-4,7-9,11-12H2,1-2H3,(H,19,21);2*1H. The average molecular weight is 395 g/mol. The Bertz CT molecular complexity index is 466. The van der Waals surface area contributed by atoms with Gasteiger partial charge in [-0.15, -0.1) is 24.8 Å². The summed E-state index contributed by atoms with van der Waals surface area (Å²) in [5, 5.41) is 6.36. The molecule has 2 heterocycles. The summed E-state index contributed by atoms with van der Waals surface area (Å²) in [5.41, 5.74) is 1.04. The molecule has 0 aliphatic carbocycles. The fraction of sp³-hybridized carbons (Fsp3) is 0.625. The molecule has 1 aromatic rings. The molecule has 0 aromatic carbocycles. The van der Waals surface area contributed by atoms with Crippen LogP contribution in [0.1, 0.15) is 25.8 Å². The molecule has 2 rings (SSSR count). The number of hydrogen-bond acceptors (Lipinski definition) is 5. The minimum Gasteiger partial charge on any atom is -0.357 e. The first kappa shape index (κ1) is 23.3. The number of nitrogens with zero attached hydrogens (tertiary/aromatic N) is 2. The van der Waals surface area contributed by atoms with Crippen LogP contribution in [0.4, 0.5) is 5.82 Å². The summed E-state index contributed by atoms with van der Waals surface area (Å²) in [5.74, 6) is 3.26. The molecule has 1 aromatic heterocycles. The van der Waals surface area contributed by atoms with Gasteiger partial charge in [-0.3, -0.25) is 4.79 Å². The van der Waals surface area contributed by atoms with Crippen LogP contribution in [0, 0.1) is 0 Å². The highest BCUT2D eigenvalue weighted by Crippen LogP contribution is 2.12. The van der Waals surface area contributed by atoms with Crippen molar-refractivity contribution >= 4 is 48.3 Å². The van der Waals surface area contributed by atoms with E-state index < -0.39 is 0 Å². The van der Waals surface area contributed by atoms with Gasteiger partial charge in [0, 0.05) is 56.3 Å². The van der Waals surface area contributed by atoms with E-state index in [0.29, 0.717) is 19.0 Å². The molecular formula is C16H28Cl2N4OS. The van der Waals surface area contributed by atoms with E-state index in [4.69, 9.17) is 0 Å². The summed E-state index contributed by atoms with van der Waals surface area (Å²) in [4.78, 5) is 18.6. The molecule has 0 spiro atoms. The van der Waals surface area contributed by atoms with Crippen molar-refractivity contribution in [2.75, 3.05) is 36.0 Å². The van der Waals surface area contributed by atoms with Gasteiger partial charge in [0.15, 0.2) is 0 Å². The lowest BCUT2D eigenvalue weighted by molar-refractivity contribution is -0.121. The Hall–Kier alpha value is -0.690. The largest absolute Gasteiger partial charge is 0.357 e. The van der Waals surface area contributed by atoms with E-state index in [9.17, 15) is 4.79 Å². The Morgan fingerprint density at radius 1 is 1.38 bits per heavy atom. The maximum atomic E-state index is 12.0. The number of hydrogen-bond donors (Lipinski definition) is 2. The Balaban J connectivity index is 0.00000264. The molecule has 5 nitrogen and oxygen atoms in total. The van der Waals surface area contributed by atoms with E-state index in [-0.39, 0.29) is 30.7 Å². The van der Waals surface area contributed by atoms with E-state index in [1.54, 1.807) is 0 Å². The molecule has 1 amide bonds. The summed E-state index contributed by atoms with van der Waals surface area (Å²) in [6.07, 6.45) is 2.40. The number of carbonyl (C=O) groups is 1. The lowest BCUT2D eigenvalue weighted by atomic mass is 10.2. The van der Waals surface area contributed by atoms with Gasteiger partial charge < -0.3 is 15.5 Å². The lowest BCUT2D eigenvalue weighted by Crippen LogP contribution is -2.41. The Labute approximate surface area is 161 Å². The van der Waals surface area contributed by atoms with Crippen LogP contribution >= 0.6 is 36.6 Å². The number of anilines is 1. The first-order valence-corrected chi connectivity index (χ1v) is 9.16. The predicted molar refractivity (Wildman–Crippen MR) is 108 cm³/mol. The minimum atomic E-state index is 0. The summed E-state index contributed by atoms with van der Waals surface area (Å²) in [7, 11) is 0. The van der Waals surface area contributed by atoms with Crippen molar-refractivity contribution in [3.05, 3.63) is 23.9 Å². The fourth-order valence-electron chi connectivity index (χ4n) is 2.50. The number of aromatic nitrogens is 1. The van der Waals surface area contributed by atoms with Crippen molar-refractivity contribution in [2.24, 2.45) is 0 Å². The van der Waals surface area contributed by atoms with Crippen molar-refractivity contribution in [3.8, 4) is 0 Å². The van der Waals surface area contributed by atoms with Gasteiger partial charge in [0.05, 0.1) is 0 Å². The molecule has 1 fully saturated rings. The zero-order valence-corrected chi connectivity index (χ0v) is 16.7. The molecule has 1 aliphatic heterocycles. The van der Waals surface area contributed by atoms with E-state index in [1.807, 2.05) is 30.1 Å². The second kappa shape index (κ2) is 12.6. The number of pyridine rings is 1. The number of amides is 1. The average Bonchev–Trinajstić information content (AvgIpc) is 2.56. The van der Waals surface area contributed by atoms with Gasteiger partial charge in [-0.2, -0.15) is 11.8 Å². The quantitative estimate of drug-likeness (QED) is 0.743. The minimum absolute atomic E-state index is 0. The van der Waals surface area contributed by atoms with Crippen molar-refractivity contribution in [1.29, 1.82) is 0 Å². The predicted octanol–water partition coefficient (Wildman–Crippen LogP) is 2.48. The second-order valence-corrected chi connectivity index (χ2v) is 6.55. The summed E-state index contributed by atoms with van der Waals surface area (Å²) in [6, 6.07) is 4.37. The SMILES string of the molecule is CCN(CC)c1ccc(CNC(=O)CC2CSCCN2)cn1.Cl.Cl. The zero-order valence-electron chi connectivity index (χ0n) is 14.3. The van der Waals surface area contributed by atoms with Gasteiger partial charge in [-0.1, -0.05) is 6.07 Å². The Morgan fingerprint density at radius 2 is 2.12 bits per heavy atom. The van der Waals surface area contributed by atoms with Gasteiger partial charge >= 0.3 is 0 Å².